The minimum absolute atomic E-state index is 0.245. The van der Waals surface area contributed by atoms with Gasteiger partial charge in [-0.3, -0.25) is 4.90 Å². The van der Waals surface area contributed by atoms with Gasteiger partial charge in [-0.05, 0) is 29.3 Å². The van der Waals surface area contributed by atoms with Crippen LogP contribution in [0.4, 0.5) is 4.39 Å². The average molecular weight is 399 g/mol. The van der Waals surface area contributed by atoms with E-state index in [0.29, 0.717) is 26.2 Å². The van der Waals surface area contributed by atoms with Gasteiger partial charge in [-0.2, -0.15) is 0 Å². The number of halogens is 1. The number of aromatic nitrogens is 1. The van der Waals surface area contributed by atoms with E-state index in [1.54, 1.807) is 23.5 Å². The smallest absolute Gasteiger partial charge is 0.123 e. The predicted molar refractivity (Wildman–Crippen MR) is 108 cm³/mol. The molecule has 0 N–H and O–H groups in total. The van der Waals surface area contributed by atoms with Crippen LogP contribution in [-0.4, -0.2) is 36.2 Å². The second-order valence-corrected chi connectivity index (χ2v) is 7.83. The Morgan fingerprint density at radius 3 is 2.89 bits per heavy atom. The number of hydrogen-bond donors (Lipinski definition) is 0. The molecule has 1 aliphatic rings. The maximum Gasteiger partial charge on any atom is 0.123 e. The second-order valence-electron chi connectivity index (χ2n) is 6.85. The van der Waals surface area contributed by atoms with E-state index in [2.05, 4.69) is 34.1 Å². The van der Waals surface area contributed by atoms with Crippen LogP contribution in [0, 0.1) is 5.82 Å². The molecule has 1 aromatic heterocycles. The number of thiazole rings is 1. The number of hydrogen-bond acceptors (Lipinski definition) is 5. The molecule has 6 heteroatoms. The van der Waals surface area contributed by atoms with Crippen molar-refractivity contribution in [3.05, 3.63) is 81.6 Å². The van der Waals surface area contributed by atoms with Crippen molar-refractivity contribution in [2.45, 2.75) is 19.5 Å². The predicted octanol–water partition coefficient (Wildman–Crippen LogP) is 4.28. The topological polar surface area (TPSA) is 34.6 Å². The lowest BCUT2D eigenvalue weighted by molar-refractivity contribution is 0.0757. The number of benzene rings is 2. The van der Waals surface area contributed by atoms with Crippen molar-refractivity contribution in [2.75, 3.05) is 26.4 Å². The van der Waals surface area contributed by atoms with Crippen LogP contribution in [0.15, 0.2) is 54.0 Å². The molecule has 3 aromatic rings. The summed E-state index contributed by atoms with van der Waals surface area (Å²) in [6, 6.07) is 13.2. The molecule has 1 aliphatic heterocycles. The molecule has 2 aromatic carbocycles. The van der Waals surface area contributed by atoms with Crippen molar-refractivity contribution in [3.63, 3.8) is 0 Å². The van der Waals surface area contributed by atoms with Crippen LogP contribution in [-0.2, 0) is 24.2 Å². The van der Waals surface area contributed by atoms with Crippen molar-refractivity contribution in [1.29, 1.82) is 0 Å². The minimum Gasteiger partial charge on any atom is -0.491 e. The Labute approximate surface area is 168 Å². The van der Waals surface area contributed by atoms with Gasteiger partial charge in [0.05, 0.1) is 19.8 Å². The fourth-order valence-electron chi connectivity index (χ4n) is 3.39. The van der Waals surface area contributed by atoms with E-state index >= 15 is 0 Å². The Kier molecular flexibility index (Phi) is 6.31. The molecule has 28 heavy (non-hydrogen) atoms. The summed E-state index contributed by atoms with van der Waals surface area (Å²) in [5, 5.41) is 3.11. The van der Waals surface area contributed by atoms with Gasteiger partial charge >= 0.3 is 0 Å². The Morgan fingerprint density at radius 2 is 2.00 bits per heavy atom. The van der Waals surface area contributed by atoms with E-state index in [-0.39, 0.29) is 5.82 Å². The van der Waals surface area contributed by atoms with Gasteiger partial charge in [-0.25, -0.2) is 9.37 Å². The van der Waals surface area contributed by atoms with Crippen LogP contribution < -0.4 is 4.74 Å². The van der Waals surface area contributed by atoms with Crippen molar-refractivity contribution in [1.82, 2.24) is 9.88 Å². The number of fused-ring (bicyclic) bond motifs is 3. The molecule has 146 valence electrons. The number of rotatable bonds is 2. The Bertz CT molecular complexity index is 901. The molecule has 0 aliphatic carbocycles. The second kappa shape index (κ2) is 9.28. The SMILES string of the molecule is Fc1ccc2c(c1)Cc1cccc(c1)CN(Cc1nccs1)CCOCCO2. The first kappa shape index (κ1) is 19.1. The highest BCUT2D eigenvalue weighted by atomic mass is 32.1. The van der Waals surface area contributed by atoms with Gasteiger partial charge in [0.25, 0.3) is 0 Å². The third-order valence-electron chi connectivity index (χ3n) is 4.69. The molecular weight excluding hydrogens is 375 g/mol. The summed E-state index contributed by atoms with van der Waals surface area (Å²) in [7, 11) is 0. The summed E-state index contributed by atoms with van der Waals surface area (Å²) in [5.41, 5.74) is 3.23. The molecule has 0 radical (unpaired) electrons. The summed E-state index contributed by atoms with van der Waals surface area (Å²) in [6.07, 6.45) is 2.48. The van der Waals surface area contributed by atoms with E-state index < -0.39 is 0 Å². The van der Waals surface area contributed by atoms with Gasteiger partial charge in [0.2, 0.25) is 0 Å². The van der Waals surface area contributed by atoms with Crippen LogP contribution >= 0.6 is 11.3 Å². The lowest BCUT2D eigenvalue weighted by Crippen LogP contribution is -2.27. The normalized spacial score (nSPS) is 16.0. The average Bonchev–Trinajstić information content (AvgIpc) is 3.18. The number of ether oxygens (including phenoxy) is 2. The van der Waals surface area contributed by atoms with Gasteiger partial charge in [-0.15, -0.1) is 11.3 Å². The van der Waals surface area contributed by atoms with E-state index in [1.807, 2.05) is 11.6 Å². The molecule has 0 unspecified atom stereocenters. The van der Waals surface area contributed by atoms with Gasteiger partial charge in [-0.1, -0.05) is 24.3 Å². The van der Waals surface area contributed by atoms with Gasteiger partial charge in [0.1, 0.15) is 23.2 Å². The highest BCUT2D eigenvalue weighted by Gasteiger charge is 2.12. The van der Waals surface area contributed by atoms with E-state index in [9.17, 15) is 4.39 Å². The molecule has 0 saturated carbocycles. The van der Waals surface area contributed by atoms with Crippen LogP contribution in [0.25, 0.3) is 0 Å². The minimum atomic E-state index is -0.245. The maximum absolute atomic E-state index is 13.8. The lowest BCUT2D eigenvalue weighted by Gasteiger charge is -2.22. The lowest BCUT2D eigenvalue weighted by atomic mass is 10.0. The maximum atomic E-state index is 13.8. The van der Waals surface area contributed by atoms with Gasteiger partial charge < -0.3 is 9.47 Å². The Balaban J connectivity index is 1.58. The molecule has 2 bridgehead atoms. The quantitative estimate of drug-likeness (QED) is 0.645. The molecule has 0 amide bonds. The standard InChI is InChI=1S/C22H23FN2O2S/c23-20-4-5-21-19(14-20)13-17-2-1-3-18(12-17)15-25(7-8-26-9-10-27-21)16-22-24-6-11-28-22/h1-6,11-12,14H,7-10,13,15-16H2. The van der Waals surface area contributed by atoms with Crippen molar-refractivity contribution < 1.29 is 13.9 Å². The fourth-order valence-corrected chi connectivity index (χ4v) is 4.04. The first-order valence-electron chi connectivity index (χ1n) is 9.44. The van der Waals surface area contributed by atoms with E-state index in [0.717, 1.165) is 41.5 Å². The Hall–Kier alpha value is -2.28. The third kappa shape index (κ3) is 5.16. The first-order chi connectivity index (χ1) is 13.8. The fraction of sp³-hybridized carbons (Fsp3) is 0.318. The highest BCUT2D eigenvalue weighted by molar-refractivity contribution is 7.09. The van der Waals surface area contributed by atoms with E-state index in [4.69, 9.17) is 9.47 Å². The Morgan fingerprint density at radius 1 is 1.07 bits per heavy atom. The highest BCUT2D eigenvalue weighted by Crippen LogP contribution is 2.24. The zero-order chi connectivity index (χ0) is 19.2. The molecule has 0 spiro atoms. The van der Waals surface area contributed by atoms with Gasteiger partial charge in [0, 0.05) is 36.7 Å². The first-order valence-corrected chi connectivity index (χ1v) is 10.3. The molecule has 0 fully saturated rings. The summed E-state index contributed by atoms with van der Waals surface area (Å²) < 4.78 is 25.4. The summed E-state index contributed by atoms with van der Waals surface area (Å²) in [5.74, 6) is 0.475. The van der Waals surface area contributed by atoms with Crippen molar-refractivity contribution >= 4 is 11.3 Å². The van der Waals surface area contributed by atoms with Crippen molar-refractivity contribution in [2.24, 2.45) is 0 Å². The monoisotopic (exact) mass is 398 g/mol. The molecule has 4 nitrogen and oxygen atoms in total. The van der Waals surface area contributed by atoms with Crippen molar-refractivity contribution in [3.8, 4) is 5.75 Å². The zero-order valence-corrected chi connectivity index (χ0v) is 16.5. The van der Waals surface area contributed by atoms with E-state index in [1.165, 1.54) is 11.6 Å². The van der Waals surface area contributed by atoms with Crippen LogP contribution in [0.1, 0.15) is 21.7 Å². The molecule has 4 rings (SSSR count). The van der Waals surface area contributed by atoms with Gasteiger partial charge in [0.15, 0.2) is 0 Å². The van der Waals surface area contributed by atoms with Crippen LogP contribution in [0.2, 0.25) is 0 Å². The summed E-state index contributed by atoms with van der Waals surface area (Å²) >= 11 is 1.67. The third-order valence-corrected chi connectivity index (χ3v) is 5.46. The zero-order valence-electron chi connectivity index (χ0n) is 15.6. The largest absolute Gasteiger partial charge is 0.491 e. The molecule has 0 saturated heterocycles. The van der Waals surface area contributed by atoms with Crippen LogP contribution in [0.3, 0.4) is 0 Å². The van der Waals surface area contributed by atoms with Crippen LogP contribution in [0.5, 0.6) is 5.75 Å². The summed E-state index contributed by atoms with van der Waals surface area (Å²) in [6.45, 7) is 4.04. The molecule has 0 atom stereocenters. The molecule has 2 heterocycles. The summed E-state index contributed by atoms with van der Waals surface area (Å²) in [4.78, 5) is 6.76. The molecular formula is C22H23FN2O2S. The number of nitrogens with zero attached hydrogens (tertiary/aromatic N) is 2.